The summed E-state index contributed by atoms with van der Waals surface area (Å²) in [6, 6.07) is 0. The Bertz CT molecular complexity index is 74.5. The number of hydrogen-bond donors (Lipinski definition) is 0. The third kappa shape index (κ3) is 162. The van der Waals surface area contributed by atoms with E-state index in [4.69, 9.17) is 0 Å². The van der Waals surface area contributed by atoms with E-state index in [2.05, 4.69) is 20.8 Å². The van der Waals surface area contributed by atoms with Gasteiger partial charge in [0.05, 0.1) is 0 Å². The first kappa shape index (κ1) is 22.9. The average Bonchev–Trinajstić information content (AvgIpc) is 2.18. The Labute approximate surface area is 99.7 Å². The molecule has 0 unspecified atom stereocenters. The number of rotatable bonds is 0. The van der Waals surface area contributed by atoms with Gasteiger partial charge in [-0.1, -0.05) is 0 Å². The van der Waals surface area contributed by atoms with E-state index in [1.165, 1.54) is 0 Å². The Morgan fingerprint density at radius 3 is 0.692 bits per heavy atom. The molecule has 0 aromatic rings. The molecule has 0 nitrogen and oxygen atoms in total. The van der Waals surface area contributed by atoms with Gasteiger partial charge in [-0.05, 0) is 0 Å². The van der Waals surface area contributed by atoms with Crippen molar-refractivity contribution in [3.8, 4) is 0 Å². The van der Waals surface area contributed by atoms with Gasteiger partial charge in [-0.25, -0.2) is 57.2 Å². The molecule has 0 saturated carbocycles. The Balaban J connectivity index is -0.0000000450. The molecule has 1 radical (unpaired) electrons. The zero-order chi connectivity index (χ0) is 10.2. The van der Waals surface area contributed by atoms with Crippen LogP contribution in [-0.2, 0) is 21.7 Å². The van der Waals surface area contributed by atoms with Gasteiger partial charge in [-0.2, -0.15) is 0 Å². The topological polar surface area (TPSA) is 0 Å². The van der Waals surface area contributed by atoms with Gasteiger partial charge in [-0.3, -0.25) is 0 Å². The standard InChI is InChI=1S/3C4H7.Ti/c3*1-3-4-2;/h3*3-4H,1H2,2H3;/q3*-1;+3/b3*4-3+;. The van der Waals surface area contributed by atoms with Crippen LogP contribution in [0.5, 0.6) is 0 Å². The van der Waals surface area contributed by atoms with Crippen molar-refractivity contribution in [1.29, 1.82) is 0 Å². The maximum atomic E-state index is 3.42. The van der Waals surface area contributed by atoms with Crippen molar-refractivity contribution in [1.82, 2.24) is 0 Å². The fourth-order valence-electron chi connectivity index (χ4n) is 0. The van der Waals surface area contributed by atoms with E-state index in [9.17, 15) is 0 Å². The number of hydrogen-bond acceptors (Lipinski definition) is 0. The van der Waals surface area contributed by atoms with Crippen molar-refractivity contribution in [2.24, 2.45) is 0 Å². The van der Waals surface area contributed by atoms with Crippen molar-refractivity contribution in [2.45, 2.75) is 20.8 Å². The molecule has 73 valence electrons. The van der Waals surface area contributed by atoms with Gasteiger partial charge in [0.2, 0.25) is 0 Å². The minimum atomic E-state index is 0. The van der Waals surface area contributed by atoms with Crippen LogP contribution in [0, 0.1) is 20.8 Å². The van der Waals surface area contributed by atoms with Crippen LogP contribution in [0.15, 0.2) is 36.5 Å². The molecule has 0 aromatic heterocycles. The largest absolute Gasteiger partial charge is 3.00 e. The minimum absolute atomic E-state index is 0. The van der Waals surface area contributed by atoms with Crippen molar-refractivity contribution in [3.05, 3.63) is 57.2 Å². The van der Waals surface area contributed by atoms with Crippen LogP contribution in [0.2, 0.25) is 0 Å². The van der Waals surface area contributed by atoms with Crippen LogP contribution < -0.4 is 0 Å². The molecule has 0 amide bonds. The molecule has 0 N–H and O–H groups in total. The molecule has 0 spiro atoms. The quantitative estimate of drug-likeness (QED) is 0.418. The predicted octanol–water partition coefficient (Wildman–Crippen LogP) is 4.19. The summed E-state index contributed by atoms with van der Waals surface area (Å²) in [5.74, 6) is 0. The zero-order valence-corrected chi connectivity index (χ0v) is 10.6. The van der Waals surface area contributed by atoms with Gasteiger partial charge in [0, 0.05) is 0 Å². The maximum absolute atomic E-state index is 3.42. The van der Waals surface area contributed by atoms with E-state index in [0.717, 1.165) is 0 Å². The van der Waals surface area contributed by atoms with Crippen LogP contribution in [0.3, 0.4) is 0 Å². The second kappa shape index (κ2) is 41.8. The molecule has 0 saturated heterocycles. The Morgan fingerprint density at radius 1 is 0.615 bits per heavy atom. The molecule has 0 heterocycles. The molecule has 0 fully saturated rings. The molecular weight excluding hydrogens is 192 g/mol. The molecular formula is C12H21Ti. The molecule has 13 heavy (non-hydrogen) atoms. The van der Waals surface area contributed by atoms with E-state index in [1.54, 1.807) is 18.2 Å². The first-order chi connectivity index (χ1) is 5.74. The van der Waals surface area contributed by atoms with E-state index in [0.29, 0.717) is 0 Å². The van der Waals surface area contributed by atoms with E-state index in [1.807, 2.05) is 39.0 Å². The van der Waals surface area contributed by atoms with E-state index < -0.39 is 0 Å². The third-order valence-electron chi connectivity index (χ3n) is 0.707. The summed E-state index contributed by atoms with van der Waals surface area (Å²) in [4.78, 5) is 0. The van der Waals surface area contributed by atoms with Crippen LogP contribution in [-0.4, -0.2) is 0 Å². The predicted molar refractivity (Wildman–Crippen MR) is 60.5 cm³/mol. The van der Waals surface area contributed by atoms with Crippen molar-refractivity contribution >= 4 is 0 Å². The summed E-state index contributed by atoms with van der Waals surface area (Å²) >= 11 is 0. The maximum Gasteiger partial charge on any atom is 3.00 e. The van der Waals surface area contributed by atoms with Crippen LogP contribution in [0.1, 0.15) is 20.8 Å². The molecule has 0 atom stereocenters. The van der Waals surface area contributed by atoms with Crippen LogP contribution in [0.4, 0.5) is 0 Å². The zero-order valence-electron chi connectivity index (χ0n) is 9.09. The molecule has 0 aromatic carbocycles. The first-order valence-corrected chi connectivity index (χ1v) is 3.96. The van der Waals surface area contributed by atoms with Crippen molar-refractivity contribution in [3.63, 3.8) is 0 Å². The summed E-state index contributed by atoms with van der Waals surface area (Å²) in [6.07, 6.45) is 10.9. The molecule has 0 aliphatic rings. The van der Waals surface area contributed by atoms with Gasteiger partial charge in [0.15, 0.2) is 0 Å². The molecule has 0 bridgehead atoms. The number of allylic oxidation sites excluding steroid dienone is 6. The van der Waals surface area contributed by atoms with Crippen molar-refractivity contribution < 1.29 is 21.7 Å². The molecule has 1 heteroatoms. The third-order valence-corrected chi connectivity index (χ3v) is 0.707. The minimum Gasteiger partial charge on any atom is -0.245 e. The molecule has 0 aliphatic heterocycles. The van der Waals surface area contributed by atoms with Gasteiger partial charge in [-0.15, -0.1) is 20.8 Å². The summed E-state index contributed by atoms with van der Waals surface area (Å²) in [7, 11) is 0. The summed E-state index contributed by atoms with van der Waals surface area (Å²) in [5, 5.41) is 0. The van der Waals surface area contributed by atoms with Gasteiger partial charge in [0.25, 0.3) is 0 Å². The smallest absolute Gasteiger partial charge is 0.245 e. The van der Waals surface area contributed by atoms with Crippen LogP contribution in [0.25, 0.3) is 0 Å². The van der Waals surface area contributed by atoms with Gasteiger partial charge in [0.1, 0.15) is 0 Å². The molecule has 0 aliphatic carbocycles. The van der Waals surface area contributed by atoms with Gasteiger partial charge >= 0.3 is 21.7 Å². The second-order valence-corrected chi connectivity index (χ2v) is 1.71. The Kier molecular flexibility index (Phi) is 73.6. The van der Waals surface area contributed by atoms with Gasteiger partial charge < -0.3 is 0 Å². The second-order valence-electron chi connectivity index (χ2n) is 1.71. The first-order valence-electron chi connectivity index (χ1n) is 3.96. The van der Waals surface area contributed by atoms with E-state index in [-0.39, 0.29) is 21.7 Å². The summed E-state index contributed by atoms with van der Waals surface area (Å²) in [6.45, 7) is 16.1. The normalized spacial score (nSPS) is 8.54. The monoisotopic (exact) mass is 213 g/mol. The van der Waals surface area contributed by atoms with Crippen molar-refractivity contribution in [2.75, 3.05) is 0 Å². The molecule has 0 rings (SSSR count). The Morgan fingerprint density at radius 2 is 0.692 bits per heavy atom. The fourth-order valence-corrected chi connectivity index (χ4v) is 0. The summed E-state index contributed by atoms with van der Waals surface area (Å²) in [5.41, 5.74) is 0. The SMILES string of the molecule is [CH2-]/C=C/C.[CH2-]/C=C/C.[CH2-]/C=C/C.[Ti+3]. The Hall–Kier alpha value is -0.456. The summed E-state index contributed by atoms with van der Waals surface area (Å²) < 4.78 is 0. The fraction of sp³-hybridized carbons (Fsp3) is 0.250. The van der Waals surface area contributed by atoms with Crippen LogP contribution >= 0.6 is 0 Å². The average molecular weight is 213 g/mol. The van der Waals surface area contributed by atoms with E-state index >= 15 is 0 Å².